The molecule has 49 heavy (non-hydrogen) atoms. The van der Waals surface area contributed by atoms with Gasteiger partial charge in [-0.2, -0.15) is 0 Å². The van der Waals surface area contributed by atoms with Crippen LogP contribution < -0.4 is 5.73 Å². The van der Waals surface area contributed by atoms with Crippen LogP contribution in [0.25, 0.3) is 0 Å². The van der Waals surface area contributed by atoms with E-state index in [4.69, 9.17) is 43.6 Å². The van der Waals surface area contributed by atoms with Crippen molar-refractivity contribution in [1.82, 2.24) is 0 Å². The highest BCUT2D eigenvalue weighted by Gasteiger charge is 2.55. The molecule has 12 unspecified atom stereocenters. The first kappa shape index (κ1) is 40.9. The van der Waals surface area contributed by atoms with Crippen molar-refractivity contribution in [1.29, 1.82) is 0 Å². The molecule has 0 radical (unpaired) electrons. The molecular formula is C27H49NO21. The van der Waals surface area contributed by atoms with Crippen LogP contribution in [0, 0.1) is 0 Å². The van der Waals surface area contributed by atoms with Gasteiger partial charge in [-0.1, -0.05) is 0 Å². The zero-order chi connectivity index (χ0) is 36.2. The predicted molar refractivity (Wildman–Crippen MR) is 151 cm³/mol. The minimum absolute atomic E-state index is 0.0756. The quantitative estimate of drug-likeness (QED) is 0.0740. The average Bonchev–Trinajstić information content (AvgIpc) is 3.10. The van der Waals surface area contributed by atoms with Crippen molar-refractivity contribution in [3.05, 3.63) is 0 Å². The summed E-state index contributed by atoms with van der Waals surface area (Å²) < 4.78 is 44.0. The van der Waals surface area contributed by atoms with Crippen LogP contribution in [0.1, 0.15) is 6.42 Å². The summed E-state index contributed by atoms with van der Waals surface area (Å²) in [6.07, 6.45) is -33.8. The molecule has 4 heterocycles. The molecule has 0 bridgehead atoms. The molecule has 20 atom stereocenters. The van der Waals surface area contributed by atoms with Crippen molar-refractivity contribution in [3.8, 4) is 0 Å². The van der Waals surface area contributed by atoms with Crippen molar-refractivity contribution >= 4 is 0 Å². The van der Waals surface area contributed by atoms with Gasteiger partial charge in [0.1, 0.15) is 97.7 Å². The van der Waals surface area contributed by atoms with Gasteiger partial charge in [0.05, 0.1) is 33.0 Å². The van der Waals surface area contributed by atoms with Crippen molar-refractivity contribution in [2.45, 2.75) is 129 Å². The number of aliphatic hydroxyl groups is 13. The second kappa shape index (κ2) is 18.2. The second-order valence-corrected chi connectivity index (χ2v) is 12.1. The predicted octanol–water partition coefficient (Wildman–Crippen LogP) is -9.38. The van der Waals surface area contributed by atoms with Crippen LogP contribution in [0.2, 0.25) is 0 Å². The molecule has 4 saturated heterocycles. The van der Waals surface area contributed by atoms with Crippen LogP contribution in [-0.4, -0.2) is 229 Å². The van der Waals surface area contributed by atoms with Gasteiger partial charge in [-0.05, 0) is 13.0 Å². The normalized spacial score (nSPS) is 49.6. The molecule has 15 N–H and O–H groups in total. The van der Waals surface area contributed by atoms with Gasteiger partial charge >= 0.3 is 0 Å². The Morgan fingerprint density at radius 1 is 0.408 bits per heavy atom. The molecular weight excluding hydrogens is 674 g/mol. The van der Waals surface area contributed by atoms with E-state index >= 15 is 0 Å². The van der Waals surface area contributed by atoms with E-state index in [2.05, 4.69) is 0 Å². The number of aliphatic hydroxyl groups excluding tert-OH is 13. The highest BCUT2D eigenvalue weighted by Crippen LogP contribution is 2.34. The Bertz CT molecular complexity index is 981. The summed E-state index contributed by atoms with van der Waals surface area (Å²) >= 11 is 0. The van der Waals surface area contributed by atoms with E-state index in [1.54, 1.807) is 0 Å². The third-order valence-electron chi connectivity index (χ3n) is 8.81. The van der Waals surface area contributed by atoms with E-state index in [9.17, 15) is 66.4 Å². The highest BCUT2D eigenvalue weighted by atomic mass is 16.8. The molecule has 22 heteroatoms. The number of rotatable bonds is 14. The van der Waals surface area contributed by atoms with Gasteiger partial charge in [-0.3, -0.25) is 0 Å². The fourth-order valence-corrected chi connectivity index (χ4v) is 5.95. The second-order valence-electron chi connectivity index (χ2n) is 12.1. The Kier molecular flexibility index (Phi) is 15.2. The van der Waals surface area contributed by atoms with Crippen LogP contribution in [0.3, 0.4) is 0 Å². The Morgan fingerprint density at radius 2 is 0.735 bits per heavy atom. The van der Waals surface area contributed by atoms with Crippen molar-refractivity contribution in [3.63, 3.8) is 0 Å². The molecule has 22 nitrogen and oxygen atoms in total. The minimum Gasteiger partial charge on any atom is -0.394 e. The lowest BCUT2D eigenvalue weighted by molar-refractivity contribution is -0.388. The zero-order valence-corrected chi connectivity index (χ0v) is 26.2. The Labute approximate surface area is 279 Å². The lowest BCUT2D eigenvalue weighted by Gasteiger charge is -2.49. The largest absolute Gasteiger partial charge is 0.394 e. The fraction of sp³-hybridized carbons (Fsp3) is 1.00. The van der Waals surface area contributed by atoms with E-state index < -0.39 is 149 Å². The van der Waals surface area contributed by atoms with E-state index in [0.717, 1.165) is 0 Å². The summed E-state index contributed by atoms with van der Waals surface area (Å²) in [5.74, 6) is 0. The van der Waals surface area contributed by atoms with Gasteiger partial charge in [0.15, 0.2) is 25.2 Å². The summed E-state index contributed by atoms with van der Waals surface area (Å²) in [6, 6.07) is 0. The SMILES string of the molecule is NCCCO[C@@H]1OC(CO)[C@@H](O[C@@H]2OC(CO)[C@@H](O[C@H]3OC(CO)[C@H](O[C@H]4OC(CO)[C@H](O)C(O)C4O)C(O)C3O)C(O)C2O)C(O)C1O. The maximum atomic E-state index is 11.0. The summed E-state index contributed by atoms with van der Waals surface area (Å²) in [5, 5.41) is 134. The molecule has 4 aliphatic heterocycles. The molecule has 0 aliphatic carbocycles. The molecule has 0 aromatic carbocycles. The monoisotopic (exact) mass is 723 g/mol. The van der Waals surface area contributed by atoms with E-state index in [1.165, 1.54) is 0 Å². The summed E-state index contributed by atoms with van der Waals surface area (Å²) in [6.45, 7) is -2.94. The Morgan fingerprint density at radius 3 is 1.10 bits per heavy atom. The lowest BCUT2D eigenvalue weighted by atomic mass is 9.95. The van der Waals surface area contributed by atoms with Crippen LogP contribution in [0.15, 0.2) is 0 Å². The third-order valence-corrected chi connectivity index (χ3v) is 8.81. The molecule has 4 fully saturated rings. The topological polar surface area (TPSA) is 363 Å². The zero-order valence-electron chi connectivity index (χ0n) is 26.2. The molecule has 0 aromatic heterocycles. The number of hydrogen-bond acceptors (Lipinski definition) is 22. The summed E-state index contributed by atoms with van der Waals surface area (Å²) in [5.41, 5.74) is 5.42. The average molecular weight is 724 g/mol. The standard InChI is InChI=1S/C27H49NO21/c28-2-1-3-42-24-18(39)14(35)21(9(5-30)44-24)48-26-20(41)16(37)23(11(7-32)46-26)49-27-19(40)15(36)22(10(6-31)45-27)47-25-17(38)13(34)12(33)8(4-29)43-25/h8-27,29-41H,1-7,28H2/t8?,9?,10?,11?,12-,13?,14?,15?,16?,17?,18?,19?,20?,21+,22-,23+,24+,25+,26-,27+/m0/s1. The van der Waals surface area contributed by atoms with Gasteiger partial charge in [0, 0.05) is 0 Å². The van der Waals surface area contributed by atoms with Crippen LogP contribution in [0.5, 0.6) is 0 Å². The Hall–Kier alpha value is -0.880. The number of ether oxygens (including phenoxy) is 8. The molecule has 4 rings (SSSR count). The lowest BCUT2D eigenvalue weighted by Crippen LogP contribution is -2.67. The molecule has 0 saturated carbocycles. The van der Waals surface area contributed by atoms with Gasteiger partial charge in [0.25, 0.3) is 0 Å². The summed E-state index contributed by atoms with van der Waals surface area (Å²) in [7, 11) is 0. The van der Waals surface area contributed by atoms with Crippen molar-refractivity contribution < 1.29 is 104 Å². The summed E-state index contributed by atoms with van der Waals surface area (Å²) in [4.78, 5) is 0. The third kappa shape index (κ3) is 8.85. The van der Waals surface area contributed by atoms with Crippen LogP contribution in [0.4, 0.5) is 0 Å². The highest BCUT2D eigenvalue weighted by molar-refractivity contribution is 4.97. The molecule has 0 aromatic rings. The fourth-order valence-electron chi connectivity index (χ4n) is 5.95. The van der Waals surface area contributed by atoms with Gasteiger partial charge in [-0.25, -0.2) is 0 Å². The molecule has 288 valence electrons. The van der Waals surface area contributed by atoms with E-state index in [0.29, 0.717) is 6.42 Å². The van der Waals surface area contributed by atoms with Gasteiger partial charge in [-0.15, -0.1) is 0 Å². The first-order valence-corrected chi connectivity index (χ1v) is 15.8. The van der Waals surface area contributed by atoms with Crippen LogP contribution >= 0.6 is 0 Å². The van der Waals surface area contributed by atoms with Crippen molar-refractivity contribution in [2.24, 2.45) is 5.73 Å². The number of nitrogens with two attached hydrogens (primary N) is 1. The molecule has 4 aliphatic rings. The van der Waals surface area contributed by atoms with Gasteiger partial charge < -0.3 is 110 Å². The van der Waals surface area contributed by atoms with E-state index in [1.807, 2.05) is 0 Å². The van der Waals surface area contributed by atoms with Crippen molar-refractivity contribution in [2.75, 3.05) is 39.6 Å². The Balaban J connectivity index is 1.41. The molecule has 0 amide bonds. The van der Waals surface area contributed by atoms with E-state index in [-0.39, 0.29) is 13.2 Å². The number of hydrogen-bond donors (Lipinski definition) is 14. The maximum absolute atomic E-state index is 11.0. The van der Waals surface area contributed by atoms with Crippen LogP contribution in [-0.2, 0) is 37.9 Å². The maximum Gasteiger partial charge on any atom is 0.187 e. The first-order valence-electron chi connectivity index (χ1n) is 15.8. The first-order chi connectivity index (χ1) is 23.3. The molecule has 0 spiro atoms. The van der Waals surface area contributed by atoms with Gasteiger partial charge in [0.2, 0.25) is 0 Å². The smallest absolute Gasteiger partial charge is 0.187 e. The minimum atomic E-state index is -2.02.